The predicted molar refractivity (Wildman–Crippen MR) is 98.2 cm³/mol. The molecule has 0 aliphatic carbocycles. The Labute approximate surface area is 154 Å². The van der Waals surface area contributed by atoms with Crippen LogP contribution in [0.5, 0.6) is 5.88 Å². The maximum atomic E-state index is 11.0. The summed E-state index contributed by atoms with van der Waals surface area (Å²) < 4.78 is 6.05. The summed E-state index contributed by atoms with van der Waals surface area (Å²) in [5, 5.41) is 11.0. The highest BCUT2D eigenvalue weighted by Gasteiger charge is 2.37. The van der Waals surface area contributed by atoms with Crippen molar-refractivity contribution in [3.63, 3.8) is 0 Å². The Morgan fingerprint density at radius 2 is 1.96 bits per heavy atom. The fourth-order valence-electron chi connectivity index (χ4n) is 3.96. The van der Waals surface area contributed by atoms with Crippen LogP contribution in [-0.4, -0.2) is 50.7 Å². The van der Waals surface area contributed by atoms with Crippen molar-refractivity contribution in [3.05, 3.63) is 46.7 Å². The van der Waals surface area contributed by atoms with Gasteiger partial charge in [-0.05, 0) is 45.2 Å². The van der Waals surface area contributed by atoms with Gasteiger partial charge in [-0.25, -0.2) is 4.98 Å². The van der Waals surface area contributed by atoms with E-state index in [0.717, 1.165) is 60.3 Å². The molecule has 0 saturated carbocycles. The molecule has 4 rings (SSSR count). The van der Waals surface area contributed by atoms with E-state index >= 15 is 0 Å². The number of aryl methyl sites for hydroxylation is 3. The Morgan fingerprint density at radius 1 is 1.19 bits per heavy atom. The van der Waals surface area contributed by atoms with Crippen molar-refractivity contribution in [2.24, 2.45) is 0 Å². The lowest BCUT2D eigenvalue weighted by Crippen LogP contribution is -2.46. The largest absolute Gasteiger partial charge is 0.472 e. The van der Waals surface area contributed by atoms with Gasteiger partial charge >= 0.3 is 0 Å². The summed E-state index contributed by atoms with van der Waals surface area (Å²) in [5.74, 6) is 1.51. The smallest absolute Gasteiger partial charge is 0.220 e. The molecule has 6 heteroatoms. The molecule has 0 radical (unpaired) electrons. The molecule has 0 spiro atoms. The number of likely N-dealkylation sites (tertiary alicyclic amines) is 1. The van der Waals surface area contributed by atoms with Gasteiger partial charge in [0, 0.05) is 43.5 Å². The van der Waals surface area contributed by atoms with Crippen molar-refractivity contribution in [2.45, 2.75) is 51.7 Å². The molecule has 0 bridgehead atoms. The fraction of sp³-hybridized carbons (Fsp3) is 0.550. The van der Waals surface area contributed by atoms with E-state index in [2.05, 4.69) is 19.9 Å². The Balaban J connectivity index is 1.36. The van der Waals surface area contributed by atoms with Crippen molar-refractivity contribution in [1.29, 1.82) is 0 Å². The van der Waals surface area contributed by atoms with Gasteiger partial charge in [-0.2, -0.15) is 4.98 Å². The van der Waals surface area contributed by atoms with Crippen molar-refractivity contribution in [2.75, 3.05) is 19.6 Å². The number of ether oxygens (including phenoxy) is 1. The van der Waals surface area contributed by atoms with Crippen LogP contribution < -0.4 is 4.74 Å². The molecule has 0 aromatic carbocycles. The molecule has 2 aromatic heterocycles. The van der Waals surface area contributed by atoms with Crippen LogP contribution in [0.3, 0.4) is 0 Å². The molecular weight excluding hydrogens is 328 g/mol. The second-order valence-electron chi connectivity index (χ2n) is 7.64. The summed E-state index contributed by atoms with van der Waals surface area (Å²) in [5.41, 5.74) is 3.24. The monoisotopic (exact) mass is 354 g/mol. The van der Waals surface area contributed by atoms with Gasteiger partial charge in [0.15, 0.2) is 0 Å². The average molecular weight is 354 g/mol. The Hall–Kier alpha value is -2.05. The molecule has 6 nitrogen and oxygen atoms in total. The molecule has 4 heterocycles. The van der Waals surface area contributed by atoms with Crippen LogP contribution in [0, 0.1) is 20.8 Å². The molecule has 0 amide bonds. The van der Waals surface area contributed by atoms with Crippen LogP contribution in [0.1, 0.15) is 41.2 Å². The van der Waals surface area contributed by atoms with Crippen LogP contribution in [-0.2, 0) is 12.0 Å². The molecule has 1 atom stereocenters. The zero-order valence-corrected chi connectivity index (χ0v) is 15.7. The van der Waals surface area contributed by atoms with Crippen LogP contribution in [0.4, 0.5) is 0 Å². The van der Waals surface area contributed by atoms with Gasteiger partial charge in [-0.1, -0.05) is 6.07 Å². The fourth-order valence-corrected chi connectivity index (χ4v) is 3.96. The third-order valence-electron chi connectivity index (χ3n) is 5.53. The summed E-state index contributed by atoms with van der Waals surface area (Å²) in [6.45, 7) is 8.46. The number of fused-ring (bicyclic) bond motifs is 1. The molecular formula is C20H26N4O2. The van der Waals surface area contributed by atoms with E-state index in [1.54, 1.807) is 0 Å². The maximum Gasteiger partial charge on any atom is 0.220 e. The number of piperidine rings is 1. The van der Waals surface area contributed by atoms with Gasteiger partial charge in [0.2, 0.25) is 5.88 Å². The number of aromatic nitrogens is 3. The van der Waals surface area contributed by atoms with Gasteiger partial charge in [0.1, 0.15) is 17.5 Å². The minimum atomic E-state index is -0.817. The average Bonchev–Trinajstić information content (AvgIpc) is 3.00. The molecule has 0 unspecified atom stereocenters. The summed E-state index contributed by atoms with van der Waals surface area (Å²) in [4.78, 5) is 15.7. The minimum absolute atomic E-state index is 0.114. The summed E-state index contributed by atoms with van der Waals surface area (Å²) in [6.07, 6.45) is 4.20. The number of pyridine rings is 1. The second kappa shape index (κ2) is 6.59. The van der Waals surface area contributed by atoms with Gasteiger partial charge in [-0.15, -0.1) is 0 Å². The molecule has 138 valence electrons. The Morgan fingerprint density at radius 3 is 2.65 bits per heavy atom. The van der Waals surface area contributed by atoms with Gasteiger partial charge in [0.25, 0.3) is 0 Å². The highest BCUT2D eigenvalue weighted by Crippen LogP contribution is 2.33. The molecule has 1 saturated heterocycles. The predicted octanol–water partition coefficient (Wildman–Crippen LogP) is 2.08. The Bertz CT molecular complexity index is 798. The minimum Gasteiger partial charge on any atom is -0.472 e. The lowest BCUT2D eigenvalue weighted by molar-refractivity contribution is -0.0348. The van der Waals surface area contributed by atoms with Crippen molar-refractivity contribution in [1.82, 2.24) is 19.9 Å². The van der Waals surface area contributed by atoms with Crippen LogP contribution in [0.2, 0.25) is 0 Å². The zero-order valence-electron chi connectivity index (χ0n) is 15.7. The standard InChI is InChI=1S/C20H26N4O2/c1-13-4-5-18(21-11-13)20(25)6-8-24(9-7-20)12-16-10-17-14(2)22-15(3)23-19(17)26-16/h4-5,11,16,25H,6-10,12H2,1-3H3/t16-/m0/s1. The normalized spacial score (nSPS) is 22.1. The van der Waals surface area contributed by atoms with Crippen molar-refractivity contribution >= 4 is 0 Å². The third kappa shape index (κ3) is 3.31. The Kier molecular flexibility index (Phi) is 4.40. The first kappa shape index (κ1) is 17.4. The lowest BCUT2D eigenvalue weighted by atomic mass is 9.87. The summed E-state index contributed by atoms with van der Waals surface area (Å²) >= 11 is 0. The molecule has 2 aromatic rings. The van der Waals surface area contributed by atoms with E-state index < -0.39 is 5.60 Å². The maximum absolute atomic E-state index is 11.0. The van der Waals surface area contributed by atoms with Crippen molar-refractivity contribution in [3.8, 4) is 5.88 Å². The molecule has 2 aliphatic rings. The topological polar surface area (TPSA) is 71.4 Å². The third-order valence-corrected chi connectivity index (χ3v) is 5.53. The van der Waals surface area contributed by atoms with E-state index in [1.165, 1.54) is 0 Å². The zero-order chi connectivity index (χ0) is 18.3. The number of hydrogen-bond acceptors (Lipinski definition) is 6. The summed E-state index contributed by atoms with van der Waals surface area (Å²) in [7, 11) is 0. The summed E-state index contributed by atoms with van der Waals surface area (Å²) in [6, 6.07) is 3.97. The SMILES string of the molecule is Cc1ccc(C2(O)CCN(C[C@@H]3Cc4c(C)nc(C)nc4O3)CC2)nc1. The second-order valence-corrected chi connectivity index (χ2v) is 7.64. The number of nitrogens with zero attached hydrogens (tertiary/aromatic N) is 4. The first-order valence-electron chi connectivity index (χ1n) is 9.31. The van der Waals surface area contributed by atoms with Crippen molar-refractivity contribution < 1.29 is 9.84 Å². The van der Waals surface area contributed by atoms with Crippen LogP contribution in [0.25, 0.3) is 0 Å². The quantitative estimate of drug-likeness (QED) is 0.910. The van der Waals surface area contributed by atoms with E-state index in [0.29, 0.717) is 12.8 Å². The van der Waals surface area contributed by atoms with E-state index in [9.17, 15) is 5.11 Å². The molecule has 1 fully saturated rings. The van der Waals surface area contributed by atoms with Gasteiger partial charge in [-0.3, -0.25) is 9.88 Å². The lowest BCUT2D eigenvalue weighted by Gasteiger charge is -2.38. The molecule has 26 heavy (non-hydrogen) atoms. The number of hydrogen-bond donors (Lipinski definition) is 1. The highest BCUT2D eigenvalue weighted by molar-refractivity contribution is 5.34. The number of aliphatic hydroxyl groups is 1. The van der Waals surface area contributed by atoms with Gasteiger partial charge in [0.05, 0.1) is 5.69 Å². The van der Waals surface area contributed by atoms with E-state index in [1.807, 2.05) is 39.1 Å². The van der Waals surface area contributed by atoms with E-state index in [4.69, 9.17) is 4.74 Å². The van der Waals surface area contributed by atoms with E-state index in [-0.39, 0.29) is 6.10 Å². The molecule has 2 aliphatic heterocycles. The van der Waals surface area contributed by atoms with Gasteiger partial charge < -0.3 is 9.84 Å². The van der Waals surface area contributed by atoms with Crippen LogP contribution >= 0.6 is 0 Å². The number of rotatable bonds is 3. The first-order valence-corrected chi connectivity index (χ1v) is 9.31. The highest BCUT2D eigenvalue weighted by atomic mass is 16.5. The van der Waals surface area contributed by atoms with Crippen LogP contribution in [0.15, 0.2) is 18.3 Å². The molecule has 1 N–H and O–H groups in total. The first-order chi connectivity index (χ1) is 12.4.